The van der Waals surface area contributed by atoms with E-state index in [1.807, 2.05) is 72.8 Å². The third-order valence-electron chi connectivity index (χ3n) is 6.55. The third-order valence-corrected chi connectivity index (χ3v) is 6.55. The van der Waals surface area contributed by atoms with Crippen LogP contribution in [0.2, 0.25) is 0 Å². The molecule has 1 heterocycles. The van der Waals surface area contributed by atoms with Gasteiger partial charge in [0.15, 0.2) is 0 Å². The Morgan fingerprint density at radius 3 is 1.23 bits per heavy atom. The van der Waals surface area contributed by atoms with E-state index in [4.69, 9.17) is 9.47 Å². The number of nitrogens with zero attached hydrogens (tertiary/aromatic N) is 3. The molecule has 0 bridgehead atoms. The summed E-state index contributed by atoms with van der Waals surface area (Å²) in [5.41, 5.74) is 3.68. The second kappa shape index (κ2) is 12.0. The van der Waals surface area contributed by atoms with E-state index in [-0.39, 0.29) is 34.5 Å². The Kier molecular flexibility index (Phi) is 8.21. The van der Waals surface area contributed by atoms with Gasteiger partial charge in [-0.2, -0.15) is 9.97 Å². The Morgan fingerprint density at radius 1 is 0.535 bits per heavy atom. The lowest BCUT2D eigenvalue weighted by molar-refractivity contribution is 0.301. The maximum atomic E-state index is 9.58. The normalized spacial score (nSPS) is 11.7. The first-order valence-electron chi connectivity index (χ1n) is 14.1. The van der Waals surface area contributed by atoms with Crippen LogP contribution in [-0.2, 0) is 0 Å². The van der Waals surface area contributed by atoms with Gasteiger partial charge >= 0.3 is 12.0 Å². The van der Waals surface area contributed by atoms with Crippen molar-refractivity contribution in [1.82, 2.24) is 15.0 Å². The smallest absolute Gasteiger partial charge is 0.330 e. The molecule has 0 fully saturated rings. The number of hydrogen-bond acceptors (Lipinski definition) is 8. The lowest BCUT2D eigenvalue weighted by atomic mass is 9.82. The van der Waals surface area contributed by atoms with Gasteiger partial charge in [-0.25, -0.2) is 0 Å². The summed E-state index contributed by atoms with van der Waals surface area (Å²) < 4.78 is 12.1. The summed E-state index contributed by atoms with van der Waals surface area (Å²) in [7, 11) is 0. The molecule has 5 aromatic rings. The molecule has 0 amide bonds. The van der Waals surface area contributed by atoms with E-state index >= 15 is 0 Å². The van der Waals surface area contributed by atoms with Gasteiger partial charge in [0, 0.05) is 5.54 Å². The van der Waals surface area contributed by atoms with Crippen LogP contribution < -0.4 is 14.8 Å². The number of aromatic hydroxyl groups is 2. The van der Waals surface area contributed by atoms with Crippen molar-refractivity contribution in [2.24, 2.45) is 5.41 Å². The molecular weight excluding hydrogens is 540 g/mol. The van der Waals surface area contributed by atoms with Crippen molar-refractivity contribution in [3.05, 3.63) is 97.1 Å². The van der Waals surface area contributed by atoms with Crippen LogP contribution in [0.25, 0.3) is 22.3 Å². The van der Waals surface area contributed by atoms with Crippen LogP contribution in [0.4, 0.5) is 5.95 Å². The van der Waals surface area contributed by atoms with Crippen LogP contribution in [-0.4, -0.2) is 30.7 Å². The van der Waals surface area contributed by atoms with Crippen molar-refractivity contribution >= 4 is 5.95 Å². The lowest BCUT2D eigenvalue weighted by Crippen LogP contribution is -2.36. The van der Waals surface area contributed by atoms with Crippen molar-refractivity contribution in [3.8, 4) is 57.3 Å². The molecule has 0 aliphatic rings. The standard InChI is InChI=1S/C35H36N4O4/c1-34(2,3)22-35(4,5)39-31-36-32(42-29-18-10-25(11-19-29)23-6-14-27(40)15-7-23)38-33(37-31)43-30-20-12-26(13-21-30)24-8-16-28(41)17-9-24/h6-21,40-41H,22H2,1-5H3,(H,36,37,38,39). The largest absolute Gasteiger partial charge is 0.508 e. The minimum atomic E-state index is -0.314. The first-order chi connectivity index (χ1) is 20.4. The molecule has 0 atom stereocenters. The van der Waals surface area contributed by atoms with Crippen molar-refractivity contribution in [3.63, 3.8) is 0 Å². The zero-order valence-corrected chi connectivity index (χ0v) is 25.0. The predicted octanol–water partition coefficient (Wildman–Crippen LogP) is 8.83. The number of rotatable bonds is 9. The van der Waals surface area contributed by atoms with Gasteiger partial charge in [-0.3, -0.25) is 0 Å². The first-order valence-corrected chi connectivity index (χ1v) is 14.1. The second-order valence-corrected chi connectivity index (χ2v) is 12.3. The number of ether oxygens (including phenoxy) is 2. The van der Waals surface area contributed by atoms with Crippen LogP contribution in [0, 0.1) is 5.41 Å². The Morgan fingerprint density at radius 2 is 0.884 bits per heavy atom. The average Bonchev–Trinajstić information content (AvgIpc) is 2.93. The van der Waals surface area contributed by atoms with E-state index in [1.165, 1.54) is 0 Å². The molecule has 0 radical (unpaired) electrons. The van der Waals surface area contributed by atoms with E-state index in [0.29, 0.717) is 17.4 Å². The SMILES string of the molecule is CC(C)(C)CC(C)(C)Nc1nc(Oc2ccc(-c3ccc(O)cc3)cc2)nc(Oc2ccc(-c3ccc(O)cc3)cc2)n1. The molecule has 220 valence electrons. The van der Waals surface area contributed by atoms with Crippen molar-refractivity contribution in [2.45, 2.75) is 46.6 Å². The van der Waals surface area contributed by atoms with Gasteiger partial charge in [0.25, 0.3) is 0 Å². The minimum Gasteiger partial charge on any atom is -0.508 e. The number of nitrogens with one attached hydrogen (secondary N) is 1. The van der Waals surface area contributed by atoms with Gasteiger partial charge < -0.3 is 25.0 Å². The van der Waals surface area contributed by atoms with Gasteiger partial charge in [0.1, 0.15) is 23.0 Å². The van der Waals surface area contributed by atoms with Gasteiger partial charge in [0.2, 0.25) is 5.95 Å². The number of aromatic nitrogens is 3. The summed E-state index contributed by atoms with van der Waals surface area (Å²) in [4.78, 5) is 13.6. The van der Waals surface area contributed by atoms with Crippen molar-refractivity contribution in [1.29, 1.82) is 0 Å². The van der Waals surface area contributed by atoms with Crippen LogP contribution >= 0.6 is 0 Å². The summed E-state index contributed by atoms with van der Waals surface area (Å²) in [5.74, 6) is 1.89. The minimum absolute atomic E-state index is 0.0840. The molecule has 5 rings (SSSR count). The number of phenols is 2. The van der Waals surface area contributed by atoms with Gasteiger partial charge in [-0.1, -0.05) is 69.3 Å². The fourth-order valence-corrected chi connectivity index (χ4v) is 5.11. The maximum Gasteiger partial charge on any atom is 0.330 e. The lowest BCUT2D eigenvalue weighted by Gasteiger charge is -2.33. The van der Waals surface area contributed by atoms with E-state index in [1.54, 1.807) is 24.3 Å². The molecule has 0 unspecified atom stereocenters. The average molecular weight is 577 g/mol. The molecular formula is C35H36N4O4. The van der Waals surface area contributed by atoms with E-state index < -0.39 is 0 Å². The van der Waals surface area contributed by atoms with E-state index in [2.05, 4.69) is 54.9 Å². The first kappa shape index (κ1) is 29.4. The highest BCUT2D eigenvalue weighted by atomic mass is 16.5. The van der Waals surface area contributed by atoms with Crippen LogP contribution in [0.5, 0.6) is 35.0 Å². The number of anilines is 1. The number of benzene rings is 4. The molecule has 0 aliphatic heterocycles. The fourth-order valence-electron chi connectivity index (χ4n) is 5.11. The topological polar surface area (TPSA) is 110 Å². The molecule has 8 heteroatoms. The van der Waals surface area contributed by atoms with E-state index in [9.17, 15) is 10.2 Å². The highest BCUT2D eigenvalue weighted by molar-refractivity contribution is 5.65. The predicted molar refractivity (Wildman–Crippen MR) is 169 cm³/mol. The van der Waals surface area contributed by atoms with Gasteiger partial charge in [-0.05, 0) is 96.5 Å². The van der Waals surface area contributed by atoms with Crippen LogP contribution in [0.1, 0.15) is 41.0 Å². The maximum absolute atomic E-state index is 9.58. The summed E-state index contributed by atoms with van der Waals surface area (Å²) in [5, 5.41) is 22.6. The van der Waals surface area contributed by atoms with Crippen molar-refractivity contribution < 1.29 is 19.7 Å². The zero-order valence-electron chi connectivity index (χ0n) is 25.0. The Labute approximate surface area is 252 Å². The molecule has 8 nitrogen and oxygen atoms in total. The quantitative estimate of drug-likeness (QED) is 0.160. The molecule has 0 spiro atoms. The summed E-state index contributed by atoms with van der Waals surface area (Å²) in [6, 6.07) is 29.3. The highest BCUT2D eigenvalue weighted by Crippen LogP contribution is 2.32. The zero-order chi connectivity index (χ0) is 30.6. The van der Waals surface area contributed by atoms with Crippen LogP contribution in [0.3, 0.4) is 0 Å². The summed E-state index contributed by atoms with van der Waals surface area (Å²) in [6.07, 6.45) is 0.871. The molecule has 0 aliphatic carbocycles. The highest BCUT2D eigenvalue weighted by Gasteiger charge is 2.27. The molecule has 3 N–H and O–H groups in total. The Bertz CT molecular complexity index is 1550. The monoisotopic (exact) mass is 576 g/mol. The Balaban J connectivity index is 1.39. The van der Waals surface area contributed by atoms with Gasteiger partial charge in [0.05, 0.1) is 0 Å². The molecule has 4 aromatic carbocycles. The molecule has 1 aromatic heterocycles. The van der Waals surface area contributed by atoms with Crippen LogP contribution in [0.15, 0.2) is 97.1 Å². The number of hydrogen-bond donors (Lipinski definition) is 3. The molecule has 0 saturated heterocycles. The third kappa shape index (κ3) is 8.23. The second-order valence-electron chi connectivity index (χ2n) is 12.3. The van der Waals surface area contributed by atoms with E-state index in [0.717, 1.165) is 28.7 Å². The number of phenolic OH excluding ortho intramolecular Hbond substituents is 2. The Hall–Kier alpha value is -5.11. The van der Waals surface area contributed by atoms with Crippen molar-refractivity contribution in [2.75, 3.05) is 5.32 Å². The summed E-state index contributed by atoms with van der Waals surface area (Å²) >= 11 is 0. The van der Waals surface area contributed by atoms with Gasteiger partial charge in [-0.15, -0.1) is 4.98 Å². The molecule has 43 heavy (non-hydrogen) atoms. The molecule has 0 saturated carbocycles. The fraction of sp³-hybridized carbons (Fsp3) is 0.229. The summed E-state index contributed by atoms with van der Waals surface area (Å²) in [6.45, 7) is 10.8.